The van der Waals surface area contributed by atoms with Gasteiger partial charge in [0.25, 0.3) is 5.91 Å². The normalized spacial score (nSPS) is 21.8. The van der Waals surface area contributed by atoms with Gasteiger partial charge >= 0.3 is 0 Å². The molecule has 2 aliphatic heterocycles. The first-order valence-corrected chi connectivity index (χ1v) is 11.3. The number of pyridine rings is 1. The molecule has 0 bridgehead atoms. The van der Waals surface area contributed by atoms with Gasteiger partial charge in [-0.2, -0.15) is 5.26 Å². The van der Waals surface area contributed by atoms with Crippen LogP contribution in [0.5, 0.6) is 0 Å². The van der Waals surface area contributed by atoms with Crippen molar-refractivity contribution >= 4 is 29.2 Å². The second-order valence-electron chi connectivity index (χ2n) is 8.76. The van der Waals surface area contributed by atoms with Gasteiger partial charge in [0.05, 0.1) is 24.8 Å². The number of aliphatic hydroxyl groups excluding tert-OH is 1. The molecule has 172 valence electrons. The first-order valence-electron chi connectivity index (χ1n) is 10.9. The zero-order valence-electron chi connectivity index (χ0n) is 18.6. The third-order valence-corrected chi connectivity index (χ3v) is 6.76. The summed E-state index contributed by atoms with van der Waals surface area (Å²) in [5.41, 5.74) is 0.0324. The van der Waals surface area contributed by atoms with Crippen molar-refractivity contribution in [1.82, 2.24) is 14.8 Å². The Balaban J connectivity index is 1.75. The molecule has 2 atom stereocenters. The van der Waals surface area contributed by atoms with Crippen LogP contribution in [0.25, 0.3) is 0 Å². The van der Waals surface area contributed by atoms with Crippen LogP contribution in [0.3, 0.4) is 0 Å². The summed E-state index contributed by atoms with van der Waals surface area (Å²) in [4.78, 5) is 36.9. The second-order valence-corrected chi connectivity index (χ2v) is 9.20. The maximum Gasteiger partial charge on any atom is 0.251 e. The van der Waals surface area contributed by atoms with E-state index in [0.29, 0.717) is 29.4 Å². The van der Waals surface area contributed by atoms with Crippen molar-refractivity contribution in [3.8, 4) is 6.07 Å². The van der Waals surface area contributed by atoms with Crippen LogP contribution in [0.4, 0.5) is 5.82 Å². The molecule has 4 rings (SSSR count). The van der Waals surface area contributed by atoms with Crippen molar-refractivity contribution < 1.29 is 14.7 Å². The van der Waals surface area contributed by atoms with Gasteiger partial charge in [-0.3, -0.25) is 9.59 Å². The molecule has 1 aromatic carbocycles. The Morgan fingerprint density at radius 2 is 1.94 bits per heavy atom. The van der Waals surface area contributed by atoms with Gasteiger partial charge < -0.3 is 19.8 Å². The Kier molecular flexibility index (Phi) is 6.28. The Bertz CT molecular complexity index is 1080. The average Bonchev–Trinajstić information content (AvgIpc) is 3.25. The van der Waals surface area contributed by atoms with Crippen molar-refractivity contribution in [2.75, 3.05) is 31.1 Å². The summed E-state index contributed by atoms with van der Waals surface area (Å²) in [5.74, 6) is 0.312. The average molecular weight is 468 g/mol. The van der Waals surface area contributed by atoms with Crippen LogP contribution in [0, 0.1) is 11.3 Å². The highest BCUT2D eigenvalue weighted by Gasteiger charge is 2.58. The summed E-state index contributed by atoms with van der Waals surface area (Å²) < 4.78 is 0. The van der Waals surface area contributed by atoms with E-state index in [0.717, 1.165) is 5.56 Å². The lowest BCUT2D eigenvalue weighted by atomic mass is 9.87. The number of hydrogen-bond acceptors (Lipinski definition) is 6. The minimum Gasteiger partial charge on any atom is -0.394 e. The van der Waals surface area contributed by atoms with E-state index >= 15 is 0 Å². The number of carbonyl (C=O) groups is 2. The highest BCUT2D eigenvalue weighted by molar-refractivity contribution is 6.30. The lowest BCUT2D eigenvalue weighted by Gasteiger charge is -2.51. The molecule has 2 fully saturated rings. The van der Waals surface area contributed by atoms with E-state index in [2.05, 4.69) is 11.1 Å². The van der Waals surface area contributed by atoms with Crippen molar-refractivity contribution in [3.05, 3.63) is 58.7 Å². The molecule has 0 radical (unpaired) electrons. The molecule has 0 aliphatic carbocycles. The zero-order chi connectivity index (χ0) is 23.8. The van der Waals surface area contributed by atoms with Crippen LogP contribution in [0.2, 0.25) is 5.02 Å². The molecule has 1 spiro atoms. The molecule has 8 nitrogen and oxygen atoms in total. The van der Waals surface area contributed by atoms with Crippen LogP contribution >= 0.6 is 11.6 Å². The number of nitriles is 1. The Morgan fingerprint density at radius 3 is 2.52 bits per heavy atom. The number of anilines is 1. The summed E-state index contributed by atoms with van der Waals surface area (Å²) >= 11 is 6.04. The van der Waals surface area contributed by atoms with Crippen molar-refractivity contribution in [2.24, 2.45) is 0 Å². The van der Waals surface area contributed by atoms with Crippen LogP contribution in [-0.2, 0) is 9.59 Å². The third-order valence-electron chi connectivity index (χ3n) is 6.51. The van der Waals surface area contributed by atoms with E-state index in [-0.39, 0.29) is 37.6 Å². The number of benzene rings is 1. The maximum atomic E-state index is 13.9. The van der Waals surface area contributed by atoms with E-state index in [1.807, 2.05) is 18.7 Å². The predicted molar refractivity (Wildman–Crippen MR) is 123 cm³/mol. The highest BCUT2D eigenvalue weighted by atomic mass is 35.5. The molecule has 0 saturated carbocycles. The minimum absolute atomic E-state index is 0.0303. The predicted octanol–water partition coefficient (Wildman–Crippen LogP) is 2.37. The number of halogens is 1. The van der Waals surface area contributed by atoms with Crippen LogP contribution < -0.4 is 4.90 Å². The smallest absolute Gasteiger partial charge is 0.251 e. The van der Waals surface area contributed by atoms with Crippen molar-refractivity contribution in [3.63, 3.8) is 0 Å². The zero-order valence-corrected chi connectivity index (χ0v) is 19.4. The largest absolute Gasteiger partial charge is 0.394 e. The molecule has 2 amide bonds. The molecule has 2 aliphatic rings. The number of aliphatic hydroxyl groups is 1. The lowest BCUT2D eigenvalue weighted by molar-refractivity contribution is -0.170. The first kappa shape index (κ1) is 23.0. The molecule has 0 unspecified atom stereocenters. The van der Waals surface area contributed by atoms with Gasteiger partial charge in [0.2, 0.25) is 5.91 Å². The molecule has 1 N–H and O–H groups in total. The quantitative estimate of drug-likeness (QED) is 0.724. The monoisotopic (exact) mass is 467 g/mol. The molecular weight excluding hydrogens is 442 g/mol. The third kappa shape index (κ3) is 4.03. The van der Waals surface area contributed by atoms with Gasteiger partial charge in [-0.25, -0.2) is 4.98 Å². The topological polar surface area (TPSA) is 101 Å². The molecular formula is C24H26ClN5O3. The van der Waals surface area contributed by atoms with Gasteiger partial charge in [-0.1, -0.05) is 23.7 Å². The van der Waals surface area contributed by atoms with Crippen LogP contribution in [0.15, 0.2) is 42.6 Å². The molecule has 33 heavy (non-hydrogen) atoms. The fraction of sp³-hybridized carbons (Fsp3) is 0.417. The molecule has 2 saturated heterocycles. The first-order chi connectivity index (χ1) is 15.8. The van der Waals surface area contributed by atoms with E-state index in [1.165, 1.54) is 6.20 Å². The van der Waals surface area contributed by atoms with Gasteiger partial charge in [0.1, 0.15) is 24.0 Å². The minimum atomic E-state index is -1.14. The maximum absolute atomic E-state index is 13.9. The van der Waals surface area contributed by atoms with Crippen LogP contribution in [0.1, 0.15) is 37.4 Å². The van der Waals surface area contributed by atoms with E-state index in [9.17, 15) is 14.7 Å². The van der Waals surface area contributed by atoms with Crippen LogP contribution in [-0.4, -0.2) is 69.5 Å². The van der Waals surface area contributed by atoms with E-state index < -0.39 is 11.6 Å². The summed E-state index contributed by atoms with van der Waals surface area (Å²) in [6.07, 6.45) is 1.91. The summed E-state index contributed by atoms with van der Waals surface area (Å²) in [7, 11) is 0. The van der Waals surface area contributed by atoms with Gasteiger partial charge in [0, 0.05) is 23.8 Å². The number of nitrogens with zero attached hydrogens (tertiary/aromatic N) is 5. The fourth-order valence-corrected chi connectivity index (χ4v) is 4.94. The Morgan fingerprint density at radius 1 is 1.21 bits per heavy atom. The summed E-state index contributed by atoms with van der Waals surface area (Å²) in [5, 5.41) is 20.0. The molecule has 2 aromatic rings. The number of piperazine rings is 1. The Hall–Kier alpha value is -3.15. The highest BCUT2D eigenvalue weighted by Crippen LogP contribution is 2.41. The number of rotatable bonds is 5. The van der Waals surface area contributed by atoms with Gasteiger partial charge in [-0.15, -0.1) is 0 Å². The molecule has 9 heteroatoms. The van der Waals surface area contributed by atoms with Crippen molar-refractivity contribution in [1.29, 1.82) is 5.26 Å². The van der Waals surface area contributed by atoms with Crippen molar-refractivity contribution in [2.45, 2.75) is 37.9 Å². The SMILES string of the molecule is CC(C)N1CC(=O)N([C@@H](CO)c2ccc(Cl)cc2)[C@]2(CCN(c3ccc(C#N)cn3)C2)C1=O. The lowest BCUT2D eigenvalue weighted by Crippen LogP contribution is -2.71. The molecule has 3 heterocycles. The standard InChI is InChI=1S/C24H26ClN5O3/c1-16(2)29-13-22(32)30(20(14-31)18-4-6-19(25)7-5-18)24(23(29)33)9-10-28(15-24)21-8-3-17(11-26)12-27-21/h3-8,12,16,20,31H,9-10,13-15H2,1-2H3/t20-,24-/m0/s1. The fourth-order valence-electron chi connectivity index (χ4n) is 4.81. The van der Waals surface area contributed by atoms with Gasteiger partial charge in [0.15, 0.2) is 0 Å². The number of carbonyl (C=O) groups excluding carboxylic acids is 2. The molecule has 1 aromatic heterocycles. The number of aromatic nitrogens is 1. The number of amides is 2. The second kappa shape index (κ2) is 9.00. The number of hydrogen-bond donors (Lipinski definition) is 1. The Labute approximate surface area is 198 Å². The summed E-state index contributed by atoms with van der Waals surface area (Å²) in [6.45, 7) is 4.21. The van der Waals surface area contributed by atoms with E-state index in [4.69, 9.17) is 16.9 Å². The summed E-state index contributed by atoms with van der Waals surface area (Å²) in [6, 6.07) is 11.7. The van der Waals surface area contributed by atoms with Gasteiger partial charge in [-0.05, 0) is 50.1 Å². The van der Waals surface area contributed by atoms with E-state index in [1.54, 1.807) is 46.2 Å².